The topological polar surface area (TPSA) is 3.24 Å². The van der Waals surface area contributed by atoms with Crippen LogP contribution in [-0.2, 0) is 0 Å². The van der Waals surface area contributed by atoms with Gasteiger partial charge in [-0.15, -0.1) is 6.58 Å². The van der Waals surface area contributed by atoms with Gasteiger partial charge in [0.2, 0.25) is 0 Å². The van der Waals surface area contributed by atoms with Gasteiger partial charge in [0, 0.05) is 13.6 Å². The highest BCUT2D eigenvalue weighted by Crippen LogP contribution is 1.83. The molecule has 0 saturated carbocycles. The van der Waals surface area contributed by atoms with Crippen LogP contribution in [0.4, 0.5) is 0 Å². The molecule has 0 spiro atoms. The zero-order chi connectivity index (χ0) is 7.11. The summed E-state index contributed by atoms with van der Waals surface area (Å²) >= 11 is 0. The zero-order valence-electron chi connectivity index (χ0n) is 5.88. The zero-order valence-corrected chi connectivity index (χ0v) is 5.88. The lowest BCUT2D eigenvalue weighted by Gasteiger charge is -2.08. The normalized spacial score (nSPS) is 9.44. The van der Waals surface area contributed by atoms with Crippen LogP contribution in [0.5, 0.6) is 0 Å². The Bertz CT molecular complexity index is 114. The summed E-state index contributed by atoms with van der Waals surface area (Å²) in [5.41, 5.74) is 0. The first-order valence-corrected chi connectivity index (χ1v) is 2.91. The van der Waals surface area contributed by atoms with Gasteiger partial charge in [0.05, 0.1) is 0 Å². The van der Waals surface area contributed by atoms with E-state index in [1.165, 1.54) is 0 Å². The standard InChI is InChI=1S/C8H13N/c1-4-6-8-9(3)7-5-2/h4-6,8H,1-2,7H2,3H3/b8-6-. The Balaban J connectivity index is 3.47. The molecule has 0 aliphatic heterocycles. The van der Waals surface area contributed by atoms with Crippen molar-refractivity contribution in [2.24, 2.45) is 0 Å². The lowest BCUT2D eigenvalue weighted by atomic mass is 10.5. The molecule has 1 nitrogen and oxygen atoms in total. The molecule has 0 rings (SSSR count). The van der Waals surface area contributed by atoms with Crippen molar-refractivity contribution in [1.82, 2.24) is 4.90 Å². The van der Waals surface area contributed by atoms with E-state index < -0.39 is 0 Å². The smallest absolute Gasteiger partial charge is 0.0348 e. The van der Waals surface area contributed by atoms with Gasteiger partial charge in [-0.2, -0.15) is 0 Å². The number of rotatable bonds is 4. The van der Waals surface area contributed by atoms with Crippen LogP contribution in [0.25, 0.3) is 0 Å². The van der Waals surface area contributed by atoms with E-state index in [9.17, 15) is 0 Å². The fourth-order valence-electron chi connectivity index (χ4n) is 0.472. The highest BCUT2D eigenvalue weighted by Gasteiger charge is 1.80. The molecule has 0 fully saturated rings. The molecule has 50 valence electrons. The van der Waals surface area contributed by atoms with E-state index in [0.717, 1.165) is 6.54 Å². The molecule has 0 aliphatic rings. The summed E-state index contributed by atoms with van der Waals surface area (Å²) in [6.45, 7) is 8.04. The van der Waals surface area contributed by atoms with Gasteiger partial charge in [-0.1, -0.05) is 18.7 Å². The Kier molecular flexibility index (Phi) is 4.60. The first kappa shape index (κ1) is 8.02. The molecule has 0 N–H and O–H groups in total. The third-order valence-electron chi connectivity index (χ3n) is 0.894. The molecule has 0 atom stereocenters. The maximum atomic E-state index is 3.61. The van der Waals surface area contributed by atoms with E-state index >= 15 is 0 Å². The second-order valence-corrected chi connectivity index (χ2v) is 1.81. The van der Waals surface area contributed by atoms with Gasteiger partial charge in [-0.25, -0.2) is 0 Å². The third kappa shape index (κ3) is 4.88. The minimum absolute atomic E-state index is 0.879. The Morgan fingerprint density at radius 2 is 2.11 bits per heavy atom. The summed E-state index contributed by atoms with van der Waals surface area (Å²) in [6, 6.07) is 0. The number of allylic oxidation sites excluding steroid dienone is 2. The van der Waals surface area contributed by atoms with E-state index in [1.54, 1.807) is 6.08 Å². The Hall–Kier alpha value is -0.980. The van der Waals surface area contributed by atoms with Crippen molar-refractivity contribution >= 4 is 0 Å². The first-order chi connectivity index (χ1) is 4.31. The molecular weight excluding hydrogens is 110 g/mol. The molecule has 0 aliphatic carbocycles. The highest BCUT2D eigenvalue weighted by atomic mass is 15.1. The number of nitrogens with zero attached hydrogens (tertiary/aromatic N) is 1. The molecule has 0 aromatic rings. The van der Waals surface area contributed by atoms with Crippen molar-refractivity contribution in [3.63, 3.8) is 0 Å². The molecule has 0 heterocycles. The van der Waals surface area contributed by atoms with Crippen LogP contribution in [-0.4, -0.2) is 18.5 Å². The van der Waals surface area contributed by atoms with E-state index in [2.05, 4.69) is 13.2 Å². The molecule has 0 unspecified atom stereocenters. The maximum absolute atomic E-state index is 3.61. The van der Waals surface area contributed by atoms with Crippen LogP contribution in [0.1, 0.15) is 0 Å². The van der Waals surface area contributed by atoms with Gasteiger partial charge >= 0.3 is 0 Å². The quantitative estimate of drug-likeness (QED) is 0.407. The average Bonchev–Trinajstić information content (AvgIpc) is 1.85. The van der Waals surface area contributed by atoms with Gasteiger partial charge in [0.25, 0.3) is 0 Å². The third-order valence-corrected chi connectivity index (χ3v) is 0.894. The minimum Gasteiger partial charge on any atom is -0.377 e. The fraction of sp³-hybridized carbons (Fsp3) is 0.250. The molecule has 0 amide bonds. The molecule has 0 radical (unpaired) electrons. The second kappa shape index (κ2) is 5.16. The molecule has 0 bridgehead atoms. The van der Waals surface area contributed by atoms with Gasteiger partial charge < -0.3 is 4.90 Å². The largest absolute Gasteiger partial charge is 0.377 e. The van der Waals surface area contributed by atoms with Gasteiger partial charge in [-0.3, -0.25) is 0 Å². The number of hydrogen-bond acceptors (Lipinski definition) is 1. The van der Waals surface area contributed by atoms with Gasteiger partial charge in [-0.05, 0) is 12.3 Å². The van der Waals surface area contributed by atoms with Crippen LogP contribution in [0.15, 0.2) is 37.6 Å². The summed E-state index contributed by atoms with van der Waals surface area (Å²) < 4.78 is 0. The molecule has 0 aromatic heterocycles. The summed E-state index contributed by atoms with van der Waals surface area (Å²) in [4.78, 5) is 2.02. The van der Waals surface area contributed by atoms with Crippen molar-refractivity contribution in [2.75, 3.05) is 13.6 Å². The average molecular weight is 123 g/mol. The minimum atomic E-state index is 0.879. The Morgan fingerprint density at radius 1 is 1.44 bits per heavy atom. The maximum Gasteiger partial charge on any atom is 0.0348 e. The van der Waals surface area contributed by atoms with Crippen LogP contribution >= 0.6 is 0 Å². The van der Waals surface area contributed by atoms with E-state index in [-0.39, 0.29) is 0 Å². The SMILES string of the molecule is C=C/C=C\N(C)CC=C. The highest BCUT2D eigenvalue weighted by molar-refractivity contribution is 4.97. The van der Waals surface area contributed by atoms with Gasteiger partial charge in [0.15, 0.2) is 0 Å². The predicted molar refractivity (Wildman–Crippen MR) is 42.2 cm³/mol. The fourth-order valence-corrected chi connectivity index (χ4v) is 0.472. The van der Waals surface area contributed by atoms with Gasteiger partial charge in [0.1, 0.15) is 0 Å². The van der Waals surface area contributed by atoms with Crippen LogP contribution in [0.2, 0.25) is 0 Å². The van der Waals surface area contributed by atoms with Crippen molar-refractivity contribution < 1.29 is 0 Å². The summed E-state index contributed by atoms with van der Waals surface area (Å²) in [5.74, 6) is 0. The van der Waals surface area contributed by atoms with Crippen molar-refractivity contribution in [1.29, 1.82) is 0 Å². The first-order valence-electron chi connectivity index (χ1n) is 2.91. The monoisotopic (exact) mass is 123 g/mol. The molecule has 0 aromatic carbocycles. The number of hydrogen-bond donors (Lipinski definition) is 0. The lowest BCUT2D eigenvalue weighted by molar-refractivity contribution is 0.510. The summed E-state index contributed by atoms with van der Waals surface area (Å²) in [6.07, 6.45) is 7.45. The summed E-state index contributed by atoms with van der Waals surface area (Å²) in [7, 11) is 1.99. The van der Waals surface area contributed by atoms with E-state index in [1.807, 2.05) is 30.3 Å². The van der Waals surface area contributed by atoms with Crippen LogP contribution < -0.4 is 0 Å². The van der Waals surface area contributed by atoms with Crippen molar-refractivity contribution in [3.05, 3.63) is 37.6 Å². The molecule has 1 heteroatoms. The predicted octanol–water partition coefficient (Wildman–Crippen LogP) is 1.80. The Morgan fingerprint density at radius 3 is 2.56 bits per heavy atom. The van der Waals surface area contributed by atoms with Crippen molar-refractivity contribution in [3.8, 4) is 0 Å². The molecular formula is C8H13N. The second-order valence-electron chi connectivity index (χ2n) is 1.81. The van der Waals surface area contributed by atoms with E-state index in [4.69, 9.17) is 0 Å². The summed E-state index contributed by atoms with van der Waals surface area (Å²) in [5, 5.41) is 0. The van der Waals surface area contributed by atoms with Crippen LogP contribution in [0.3, 0.4) is 0 Å². The lowest BCUT2D eigenvalue weighted by Crippen LogP contribution is -2.08. The van der Waals surface area contributed by atoms with Crippen LogP contribution in [0, 0.1) is 0 Å². The Labute approximate surface area is 57.0 Å². The van der Waals surface area contributed by atoms with Crippen molar-refractivity contribution in [2.45, 2.75) is 0 Å². The molecule has 9 heavy (non-hydrogen) atoms. The number of likely N-dealkylation sites (N-methyl/N-ethyl adjacent to an activating group) is 1. The van der Waals surface area contributed by atoms with E-state index in [0.29, 0.717) is 0 Å². The molecule has 0 saturated heterocycles.